The molecule has 0 spiro atoms. The SMILES string of the molecule is CCCNc1nc2cc3c(cc2cc1C)OCCCO3. The van der Waals surface area contributed by atoms with Gasteiger partial charge in [0.15, 0.2) is 11.5 Å². The van der Waals surface area contributed by atoms with Gasteiger partial charge in [0.25, 0.3) is 0 Å². The van der Waals surface area contributed by atoms with Crippen LogP contribution in [0.1, 0.15) is 25.3 Å². The Hall–Kier alpha value is -1.97. The Labute approximate surface area is 119 Å². The van der Waals surface area contributed by atoms with E-state index in [4.69, 9.17) is 14.5 Å². The molecule has 0 saturated carbocycles. The smallest absolute Gasteiger partial charge is 0.163 e. The first kappa shape index (κ1) is 13.0. The van der Waals surface area contributed by atoms with Gasteiger partial charge in [0, 0.05) is 24.4 Å². The Morgan fingerprint density at radius 2 is 1.90 bits per heavy atom. The predicted molar refractivity (Wildman–Crippen MR) is 80.9 cm³/mol. The maximum Gasteiger partial charge on any atom is 0.163 e. The van der Waals surface area contributed by atoms with Gasteiger partial charge < -0.3 is 14.8 Å². The highest BCUT2D eigenvalue weighted by Gasteiger charge is 2.13. The number of benzene rings is 1. The molecule has 1 N–H and O–H groups in total. The molecule has 2 aromatic rings. The van der Waals surface area contributed by atoms with Crippen molar-refractivity contribution < 1.29 is 9.47 Å². The number of nitrogens with one attached hydrogen (secondary N) is 1. The monoisotopic (exact) mass is 272 g/mol. The zero-order valence-electron chi connectivity index (χ0n) is 12.0. The van der Waals surface area contributed by atoms with Gasteiger partial charge in [0.1, 0.15) is 5.82 Å². The number of pyridine rings is 1. The largest absolute Gasteiger partial charge is 0.490 e. The lowest BCUT2D eigenvalue weighted by atomic mass is 10.1. The van der Waals surface area contributed by atoms with Crippen LogP contribution in [0.2, 0.25) is 0 Å². The second kappa shape index (κ2) is 5.57. The minimum atomic E-state index is 0.700. The van der Waals surface area contributed by atoms with Gasteiger partial charge in [-0.2, -0.15) is 0 Å². The number of anilines is 1. The highest BCUT2D eigenvalue weighted by atomic mass is 16.5. The van der Waals surface area contributed by atoms with E-state index in [1.165, 1.54) is 0 Å². The Bertz CT molecular complexity index is 625. The van der Waals surface area contributed by atoms with Crippen molar-refractivity contribution in [2.75, 3.05) is 25.1 Å². The van der Waals surface area contributed by atoms with Crippen molar-refractivity contribution in [1.29, 1.82) is 0 Å². The van der Waals surface area contributed by atoms with Crippen LogP contribution in [0, 0.1) is 6.92 Å². The number of nitrogens with zero attached hydrogens (tertiary/aromatic N) is 1. The molecule has 4 heteroatoms. The number of aromatic nitrogens is 1. The van der Waals surface area contributed by atoms with E-state index in [1.54, 1.807) is 0 Å². The quantitative estimate of drug-likeness (QED) is 0.928. The second-order valence-corrected chi connectivity index (χ2v) is 5.12. The van der Waals surface area contributed by atoms with E-state index in [2.05, 4.69) is 25.2 Å². The zero-order chi connectivity index (χ0) is 13.9. The molecule has 0 atom stereocenters. The van der Waals surface area contributed by atoms with Crippen molar-refractivity contribution in [3.05, 3.63) is 23.8 Å². The molecule has 1 aliphatic rings. The van der Waals surface area contributed by atoms with E-state index in [0.29, 0.717) is 13.2 Å². The third kappa shape index (κ3) is 2.50. The third-order valence-corrected chi connectivity index (χ3v) is 3.42. The fourth-order valence-corrected chi connectivity index (χ4v) is 2.36. The summed E-state index contributed by atoms with van der Waals surface area (Å²) in [6.45, 7) is 6.57. The van der Waals surface area contributed by atoms with E-state index in [0.717, 1.165) is 53.2 Å². The standard InChI is InChI=1S/C16H20N2O2/c1-3-5-17-16-11(2)8-12-9-14-15(10-13(12)18-16)20-7-4-6-19-14/h8-10H,3-7H2,1-2H3,(H,17,18). The topological polar surface area (TPSA) is 43.4 Å². The summed E-state index contributed by atoms with van der Waals surface area (Å²) in [5.41, 5.74) is 2.10. The number of aryl methyl sites for hydroxylation is 1. The lowest BCUT2D eigenvalue weighted by Gasteiger charge is -2.12. The molecule has 0 bridgehead atoms. The summed E-state index contributed by atoms with van der Waals surface area (Å²) in [6, 6.07) is 6.15. The van der Waals surface area contributed by atoms with Crippen LogP contribution in [0.25, 0.3) is 10.9 Å². The molecule has 0 radical (unpaired) electrons. The number of hydrogen-bond donors (Lipinski definition) is 1. The van der Waals surface area contributed by atoms with Crippen molar-refractivity contribution in [3.8, 4) is 11.5 Å². The molecule has 0 amide bonds. The Kier molecular flexibility index (Phi) is 3.63. The summed E-state index contributed by atoms with van der Waals surface area (Å²) in [7, 11) is 0. The summed E-state index contributed by atoms with van der Waals surface area (Å²) < 4.78 is 11.4. The van der Waals surface area contributed by atoms with Gasteiger partial charge in [-0.15, -0.1) is 0 Å². The predicted octanol–water partition coefficient (Wildman–Crippen LogP) is 3.53. The third-order valence-electron chi connectivity index (χ3n) is 3.42. The van der Waals surface area contributed by atoms with E-state index < -0.39 is 0 Å². The van der Waals surface area contributed by atoms with Gasteiger partial charge in [-0.25, -0.2) is 4.98 Å². The summed E-state index contributed by atoms with van der Waals surface area (Å²) in [5, 5.41) is 4.46. The molecule has 1 aliphatic heterocycles. The summed E-state index contributed by atoms with van der Waals surface area (Å²) in [6.07, 6.45) is 2.00. The molecule has 1 aromatic carbocycles. The van der Waals surface area contributed by atoms with Crippen LogP contribution < -0.4 is 14.8 Å². The molecular weight excluding hydrogens is 252 g/mol. The molecule has 3 rings (SSSR count). The van der Waals surface area contributed by atoms with Gasteiger partial charge in [-0.05, 0) is 31.0 Å². The molecule has 1 aromatic heterocycles. The minimum absolute atomic E-state index is 0.700. The molecular formula is C16H20N2O2. The van der Waals surface area contributed by atoms with Gasteiger partial charge in [-0.3, -0.25) is 0 Å². The van der Waals surface area contributed by atoms with Crippen molar-refractivity contribution >= 4 is 16.7 Å². The molecule has 0 saturated heterocycles. The Balaban J connectivity index is 2.05. The highest BCUT2D eigenvalue weighted by molar-refractivity contribution is 5.85. The first-order valence-corrected chi connectivity index (χ1v) is 7.23. The molecule has 4 nitrogen and oxygen atoms in total. The van der Waals surface area contributed by atoms with Crippen LogP contribution in [0.3, 0.4) is 0 Å². The molecule has 0 unspecified atom stereocenters. The van der Waals surface area contributed by atoms with Crippen LogP contribution in [0.15, 0.2) is 18.2 Å². The van der Waals surface area contributed by atoms with E-state index in [1.807, 2.05) is 12.1 Å². The lowest BCUT2D eigenvalue weighted by Crippen LogP contribution is -2.04. The number of rotatable bonds is 3. The van der Waals surface area contributed by atoms with E-state index in [9.17, 15) is 0 Å². The fourth-order valence-electron chi connectivity index (χ4n) is 2.36. The Morgan fingerprint density at radius 3 is 2.65 bits per heavy atom. The Morgan fingerprint density at radius 1 is 1.15 bits per heavy atom. The fraction of sp³-hybridized carbons (Fsp3) is 0.438. The van der Waals surface area contributed by atoms with Crippen LogP contribution >= 0.6 is 0 Å². The molecule has 0 fully saturated rings. The molecule has 20 heavy (non-hydrogen) atoms. The molecule has 106 valence electrons. The van der Waals surface area contributed by atoms with Crippen molar-refractivity contribution in [2.24, 2.45) is 0 Å². The van der Waals surface area contributed by atoms with Crippen molar-refractivity contribution in [3.63, 3.8) is 0 Å². The first-order valence-electron chi connectivity index (χ1n) is 7.23. The van der Waals surface area contributed by atoms with Crippen molar-refractivity contribution in [1.82, 2.24) is 4.98 Å². The van der Waals surface area contributed by atoms with Crippen LogP contribution in [-0.2, 0) is 0 Å². The van der Waals surface area contributed by atoms with E-state index >= 15 is 0 Å². The van der Waals surface area contributed by atoms with Gasteiger partial charge in [0.05, 0.1) is 18.7 Å². The number of ether oxygens (including phenoxy) is 2. The first-order chi connectivity index (χ1) is 9.78. The van der Waals surface area contributed by atoms with Crippen LogP contribution in [0.5, 0.6) is 11.5 Å². The maximum absolute atomic E-state index is 5.72. The average molecular weight is 272 g/mol. The van der Waals surface area contributed by atoms with E-state index in [-0.39, 0.29) is 0 Å². The van der Waals surface area contributed by atoms with Crippen molar-refractivity contribution in [2.45, 2.75) is 26.7 Å². The summed E-state index contributed by atoms with van der Waals surface area (Å²) in [4.78, 5) is 4.70. The minimum Gasteiger partial charge on any atom is -0.490 e. The zero-order valence-corrected chi connectivity index (χ0v) is 12.0. The summed E-state index contributed by atoms with van der Waals surface area (Å²) in [5.74, 6) is 2.58. The van der Waals surface area contributed by atoms with Gasteiger partial charge in [-0.1, -0.05) is 6.92 Å². The average Bonchev–Trinajstić information content (AvgIpc) is 2.67. The molecule has 2 heterocycles. The maximum atomic E-state index is 5.72. The number of fused-ring (bicyclic) bond motifs is 2. The van der Waals surface area contributed by atoms with Crippen LogP contribution in [0.4, 0.5) is 5.82 Å². The lowest BCUT2D eigenvalue weighted by molar-refractivity contribution is 0.297. The van der Waals surface area contributed by atoms with Gasteiger partial charge >= 0.3 is 0 Å². The van der Waals surface area contributed by atoms with Gasteiger partial charge in [0.2, 0.25) is 0 Å². The normalized spacial score (nSPS) is 14.1. The summed E-state index contributed by atoms with van der Waals surface area (Å²) >= 11 is 0. The number of hydrogen-bond acceptors (Lipinski definition) is 4. The highest BCUT2D eigenvalue weighted by Crippen LogP contribution is 2.34. The molecule has 0 aliphatic carbocycles. The van der Waals surface area contributed by atoms with Crippen LogP contribution in [-0.4, -0.2) is 24.7 Å². The second-order valence-electron chi connectivity index (χ2n) is 5.12.